The van der Waals surface area contributed by atoms with Gasteiger partial charge in [0.05, 0.1) is 10.6 Å². The zero-order chi connectivity index (χ0) is 7.72. The number of thiophene rings is 1. The van der Waals surface area contributed by atoms with Gasteiger partial charge in [-0.15, -0.1) is 11.3 Å². The van der Waals surface area contributed by atoms with E-state index in [9.17, 15) is 4.79 Å². The molecule has 2 nitrogen and oxygen atoms in total. The first-order valence-electron chi connectivity index (χ1n) is 2.28. The van der Waals surface area contributed by atoms with Crippen LogP contribution in [0.1, 0.15) is 10.4 Å². The van der Waals surface area contributed by atoms with Crippen molar-refractivity contribution in [2.24, 2.45) is 0 Å². The van der Waals surface area contributed by atoms with Crippen LogP contribution in [0.25, 0.3) is 0 Å². The van der Waals surface area contributed by atoms with Crippen LogP contribution in [0.15, 0.2) is 5.38 Å². The van der Waals surface area contributed by atoms with Crippen LogP contribution in [0.2, 0.25) is 9.36 Å². The van der Waals surface area contributed by atoms with E-state index in [1.165, 1.54) is 5.38 Å². The molecule has 1 N–H and O–H groups in total. The van der Waals surface area contributed by atoms with Crippen molar-refractivity contribution in [3.8, 4) is 0 Å². The van der Waals surface area contributed by atoms with E-state index in [2.05, 4.69) is 0 Å². The SMILES string of the molecule is O=C(O)c1csc(Cl)c1Cl. The van der Waals surface area contributed by atoms with Gasteiger partial charge < -0.3 is 5.11 Å². The van der Waals surface area contributed by atoms with Crippen molar-refractivity contribution < 1.29 is 9.90 Å². The summed E-state index contributed by atoms with van der Waals surface area (Å²) < 4.78 is 0.319. The number of hydrogen-bond donors (Lipinski definition) is 1. The summed E-state index contributed by atoms with van der Waals surface area (Å²) in [4.78, 5) is 10.3. The van der Waals surface area contributed by atoms with Gasteiger partial charge in [0.25, 0.3) is 0 Å². The van der Waals surface area contributed by atoms with Gasteiger partial charge in [0, 0.05) is 5.38 Å². The molecule has 0 aliphatic rings. The number of hydrogen-bond acceptors (Lipinski definition) is 2. The minimum atomic E-state index is -1.05. The van der Waals surface area contributed by atoms with Crippen LogP contribution in [0.5, 0.6) is 0 Å². The molecule has 0 aliphatic carbocycles. The highest BCUT2D eigenvalue weighted by Gasteiger charge is 2.12. The number of halogens is 2. The first-order valence-corrected chi connectivity index (χ1v) is 3.92. The molecular weight excluding hydrogens is 195 g/mol. The monoisotopic (exact) mass is 196 g/mol. The summed E-state index contributed by atoms with van der Waals surface area (Å²) >= 11 is 12.1. The van der Waals surface area contributed by atoms with Crippen LogP contribution in [0.4, 0.5) is 0 Å². The van der Waals surface area contributed by atoms with Crippen LogP contribution in [0.3, 0.4) is 0 Å². The minimum absolute atomic E-state index is 0.0664. The van der Waals surface area contributed by atoms with Gasteiger partial charge in [-0.25, -0.2) is 4.79 Å². The van der Waals surface area contributed by atoms with Crippen molar-refractivity contribution in [2.45, 2.75) is 0 Å². The summed E-state index contributed by atoms with van der Waals surface area (Å²) in [6, 6.07) is 0. The molecule has 0 amide bonds. The van der Waals surface area contributed by atoms with Gasteiger partial charge in [0.15, 0.2) is 0 Å². The topological polar surface area (TPSA) is 37.3 Å². The summed E-state index contributed by atoms with van der Waals surface area (Å²) in [5, 5.41) is 9.98. The molecule has 1 aromatic rings. The predicted octanol–water partition coefficient (Wildman–Crippen LogP) is 2.75. The Hall–Kier alpha value is -0.250. The van der Waals surface area contributed by atoms with Gasteiger partial charge in [-0.2, -0.15) is 0 Å². The second-order valence-corrected chi connectivity index (χ2v) is 3.40. The van der Waals surface area contributed by atoms with E-state index in [1.54, 1.807) is 0 Å². The molecule has 0 unspecified atom stereocenters. The fourth-order valence-corrected chi connectivity index (χ4v) is 1.69. The maximum atomic E-state index is 10.3. The van der Waals surface area contributed by atoms with Crippen LogP contribution in [-0.2, 0) is 0 Å². The quantitative estimate of drug-likeness (QED) is 0.751. The lowest BCUT2D eigenvalue weighted by Crippen LogP contribution is -1.92. The maximum Gasteiger partial charge on any atom is 0.338 e. The molecule has 0 bridgehead atoms. The molecule has 0 aromatic carbocycles. The Bertz CT molecular complexity index is 269. The fraction of sp³-hybridized carbons (Fsp3) is 0. The Balaban J connectivity index is 3.17. The Morgan fingerprint density at radius 1 is 1.60 bits per heavy atom. The van der Waals surface area contributed by atoms with Crippen molar-refractivity contribution in [3.63, 3.8) is 0 Å². The van der Waals surface area contributed by atoms with E-state index < -0.39 is 5.97 Å². The lowest BCUT2D eigenvalue weighted by molar-refractivity contribution is 0.0697. The van der Waals surface area contributed by atoms with E-state index in [-0.39, 0.29) is 10.6 Å². The van der Waals surface area contributed by atoms with Gasteiger partial charge in [-0.05, 0) is 0 Å². The molecule has 54 valence electrons. The first-order chi connectivity index (χ1) is 4.63. The van der Waals surface area contributed by atoms with Crippen LogP contribution in [-0.4, -0.2) is 11.1 Å². The zero-order valence-corrected chi connectivity index (χ0v) is 6.93. The second kappa shape index (κ2) is 2.78. The van der Waals surface area contributed by atoms with E-state index >= 15 is 0 Å². The Morgan fingerprint density at radius 2 is 2.20 bits per heavy atom. The van der Waals surface area contributed by atoms with Crippen LogP contribution < -0.4 is 0 Å². The van der Waals surface area contributed by atoms with E-state index in [0.29, 0.717) is 4.34 Å². The lowest BCUT2D eigenvalue weighted by Gasteiger charge is -1.86. The number of aromatic carboxylic acids is 1. The van der Waals surface area contributed by atoms with Gasteiger partial charge in [-0.3, -0.25) is 0 Å². The number of carboxylic acid groups (broad SMARTS) is 1. The van der Waals surface area contributed by atoms with Gasteiger partial charge in [-0.1, -0.05) is 23.2 Å². The third-order valence-electron chi connectivity index (χ3n) is 0.920. The van der Waals surface area contributed by atoms with Gasteiger partial charge in [0.1, 0.15) is 4.34 Å². The Kier molecular flexibility index (Phi) is 2.18. The van der Waals surface area contributed by atoms with Crippen molar-refractivity contribution >= 4 is 40.5 Å². The number of carbonyl (C=O) groups is 1. The molecule has 0 aliphatic heterocycles. The smallest absolute Gasteiger partial charge is 0.338 e. The average Bonchev–Trinajstić information content (AvgIpc) is 2.14. The minimum Gasteiger partial charge on any atom is -0.478 e. The van der Waals surface area contributed by atoms with Gasteiger partial charge in [0.2, 0.25) is 0 Å². The third-order valence-corrected chi connectivity index (χ3v) is 2.74. The molecule has 0 saturated carbocycles. The predicted molar refractivity (Wildman–Crippen MR) is 41.3 cm³/mol. The van der Waals surface area contributed by atoms with Crippen molar-refractivity contribution in [1.82, 2.24) is 0 Å². The average molecular weight is 197 g/mol. The van der Waals surface area contributed by atoms with E-state index in [1.807, 2.05) is 0 Å². The summed E-state index contributed by atoms with van der Waals surface area (Å²) in [6.45, 7) is 0. The highest BCUT2D eigenvalue weighted by molar-refractivity contribution is 7.15. The highest BCUT2D eigenvalue weighted by Crippen LogP contribution is 2.31. The molecule has 1 aromatic heterocycles. The lowest BCUT2D eigenvalue weighted by atomic mass is 10.3. The largest absolute Gasteiger partial charge is 0.478 e. The molecule has 0 radical (unpaired) electrons. The van der Waals surface area contributed by atoms with Crippen LogP contribution >= 0.6 is 34.5 Å². The second-order valence-electron chi connectivity index (χ2n) is 1.54. The van der Waals surface area contributed by atoms with Crippen molar-refractivity contribution in [1.29, 1.82) is 0 Å². The summed E-state index contributed by atoms with van der Waals surface area (Å²) in [5.41, 5.74) is 0.0664. The third kappa shape index (κ3) is 1.26. The summed E-state index contributed by atoms with van der Waals surface area (Å²) in [6.07, 6.45) is 0. The molecule has 0 fully saturated rings. The molecular formula is C5H2Cl2O2S. The normalized spacial score (nSPS) is 9.80. The summed E-state index contributed by atoms with van der Waals surface area (Å²) in [7, 11) is 0. The molecule has 1 heterocycles. The Morgan fingerprint density at radius 3 is 2.40 bits per heavy atom. The molecule has 0 saturated heterocycles. The molecule has 1 rings (SSSR count). The van der Waals surface area contributed by atoms with Gasteiger partial charge >= 0.3 is 5.97 Å². The Labute approximate surface area is 71.0 Å². The standard InChI is InChI=1S/C5H2Cl2O2S/c6-3-2(5(8)9)1-10-4(3)7/h1H,(H,8,9). The maximum absolute atomic E-state index is 10.3. The molecule has 5 heteroatoms. The van der Waals surface area contributed by atoms with Crippen molar-refractivity contribution in [3.05, 3.63) is 20.3 Å². The highest BCUT2D eigenvalue weighted by atomic mass is 35.5. The molecule has 0 atom stereocenters. The molecule has 0 spiro atoms. The first kappa shape index (κ1) is 7.85. The number of rotatable bonds is 1. The van der Waals surface area contributed by atoms with Crippen molar-refractivity contribution in [2.75, 3.05) is 0 Å². The summed E-state index contributed by atoms with van der Waals surface area (Å²) in [5.74, 6) is -1.05. The van der Waals surface area contributed by atoms with E-state index in [4.69, 9.17) is 28.3 Å². The van der Waals surface area contributed by atoms with Crippen LogP contribution in [0, 0.1) is 0 Å². The fourth-order valence-electron chi connectivity index (χ4n) is 0.464. The zero-order valence-electron chi connectivity index (χ0n) is 4.60. The van der Waals surface area contributed by atoms with E-state index in [0.717, 1.165) is 11.3 Å². The number of carboxylic acids is 1. The molecule has 10 heavy (non-hydrogen) atoms.